The third kappa shape index (κ3) is 4.24. The quantitative estimate of drug-likeness (QED) is 0.648. The van der Waals surface area contributed by atoms with E-state index < -0.39 is 0 Å². The predicted octanol–water partition coefficient (Wildman–Crippen LogP) is 3.96. The van der Waals surface area contributed by atoms with Crippen LogP contribution in [-0.4, -0.2) is 44.8 Å². The van der Waals surface area contributed by atoms with E-state index in [9.17, 15) is 9.18 Å². The molecule has 2 aromatic heterocycles. The highest BCUT2D eigenvalue weighted by Crippen LogP contribution is 2.26. The summed E-state index contributed by atoms with van der Waals surface area (Å²) < 4.78 is 20.7. The van der Waals surface area contributed by atoms with Gasteiger partial charge in [-0.05, 0) is 43.2 Å². The van der Waals surface area contributed by atoms with Gasteiger partial charge < -0.3 is 9.64 Å². The van der Waals surface area contributed by atoms with Crippen LogP contribution in [0.3, 0.4) is 0 Å². The van der Waals surface area contributed by atoms with E-state index >= 15 is 0 Å². The van der Waals surface area contributed by atoms with Gasteiger partial charge in [-0.25, -0.2) is 4.39 Å². The number of rotatable bonds is 4. The van der Waals surface area contributed by atoms with Crippen molar-refractivity contribution in [1.29, 1.82) is 0 Å². The van der Waals surface area contributed by atoms with Gasteiger partial charge in [-0.2, -0.15) is 5.10 Å². The maximum atomic E-state index is 13.2. The van der Waals surface area contributed by atoms with Gasteiger partial charge in [0.25, 0.3) is 5.91 Å². The lowest BCUT2D eigenvalue weighted by Crippen LogP contribution is -2.44. The molecule has 1 saturated heterocycles. The van der Waals surface area contributed by atoms with Gasteiger partial charge >= 0.3 is 0 Å². The van der Waals surface area contributed by atoms with E-state index in [1.807, 2.05) is 0 Å². The summed E-state index contributed by atoms with van der Waals surface area (Å²) in [6, 6.07) is 9.51. The summed E-state index contributed by atoms with van der Waals surface area (Å²) in [7, 11) is 1.73. The number of piperidine rings is 1. The molecule has 1 aliphatic rings. The number of hydrogen-bond acceptors (Lipinski definition) is 4. The highest BCUT2D eigenvalue weighted by atomic mass is 35.5. The van der Waals surface area contributed by atoms with Crippen molar-refractivity contribution in [2.45, 2.75) is 18.9 Å². The molecule has 150 valence electrons. The molecule has 0 saturated carbocycles. The fraction of sp³-hybridized carbons (Fsp3) is 0.286. The zero-order valence-electron chi connectivity index (χ0n) is 15.9. The summed E-state index contributed by atoms with van der Waals surface area (Å²) in [5.74, 6) is 0.150. The van der Waals surface area contributed by atoms with E-state index in [0.29, 0.717) is 35.2 Å². The molecule has 1 amide bonds. The highest BCUT2D eigenvalue weighted by molar-refractivity contribution is 6.31. The van der Waals surface area contributed by atoms with Gasteiger partial charge in [0.05, 0.1) is 12.2 Å². The Hall–Kier alpha value is -2.93. The molecular formula is C21H20ClFN4O2. The van der Waals surface area contributed by atoms with Crippen LogP contribution < -0.4 is 4.74 Å². The number of amides is 1. The fourth-order valence-corrected chi connectivity index (χ4v) is 3.61. The first-order valence-corrected chi connectivity index (χ1v) is 9.74. The number of likely N-dealkylation sites (tertiary alicyclic amines) is 1. The van der Waals surface area contributed by atoms with Gasteiger partial charge in [-0.3, -0.25) is 14.5 Å². The summed E-state index contributed by atoms with van der Waals surface area (Å²) in [6.45, 7) is 1.12. The molecule has 0 N–H and O–H groups in total. The topological polar surface area (TPSA) is 60.2 Å². The maximum Gasteiger partial charge on any atom is 0.272 e. The molecule has 1 aromatic carbocycles. The Labute approximate surface area is 172 Å². The average Bonchev–Trinajstić information content (AvgIpc) is 3.11. The maximum absolute atomic E-state index is 13.2. The number of pyridine rings is 1. The second kappa shape index (κ2) is 8.21. The number of ether oxygens (including phenoxy) is 1. The Balaban J connectivity index is 1.49. The first kappa shape index (κ1) is 19.4. The number of nitrogens with zero attached hydrogens (tertiary/aromatic N) is 4. The molecule has 6 nitrogen and oxygen atoms in total. The molecular weight excluding hydrogens is 395 g/mol. The molecule has 1 fully saturated rings. The molecule has 0 bridgehead atoms. The summed E-state index contributed by atoms with van der Waals surface area (Å²) in [4.78, 5) is 18.8. The van der Waals surface area contributed by atoms with Crippen molar-refractivity contribution < 1.29 is 13.9 Å². The van der Waals surface area contributed by atoms with E-state index in [1.54, 1.807) is 47.1 Å². The van der Waals surface area contributed by atoms with Crippen molar-refractivity contribution in [3.63, 3.8) is 0 Å². The van der Waals surface area contributed by atoms with E-state index in [0.717, 1.165) is 18.4 Å². The lowest BCUT2D eigenvalue weighted by molar-refractivity contribution is 0.0528. The summed E-state index contributed by atoms with van der Waals surface area (Å²) in [6.07, 6.45) is 4.70. The van der Waals surface area contributed by atoms with Gasteiger partial charge in [-0.1, -0.05) is 11.6 Å². The number of hydrogen-bond donors (Lipinski definition) is 0. The summed E-state index contributed by atoms with van der Waals surface area (Å²) in [5, 5.41) is 4.87. The normalized spacial score (nSPS) is 16.7. The van der Waals surface area contributed by atoms with Crippen molar-refractivity contribution in [2.75, 3.05) is 13.1 Å². The van der Waals surface area contributed by atoms with Crippen molar-refractivity contribution >= 4 is 17.5 Å². The Morgan fingerprint density at radius 1 is 1.28 bits per heavy atom. The molecule has 0 radical (unpaired) electrons. The predicted molar refractivity (Wildman–Crippen MR) is 107 cm³/mol. The number of aryl methyl sites for hydroxylation is 1. The number of halogens is 2. The molecule has 1 unspecified atom stereocenters. The fourth-order valence-electron chi connectivity index (χ4n) is 3.45. The average molecular weight is 415 g/mol. The van der Waals surface area contributed by atoms with Crippen molar-refractivity contribution in [3.8, 4) is 17.0 Å². The number of aromatic nitrogens is 3. The molecule has 29 heavy (non-hydrogen) atoms. The minimum Gasteiger partial charge on any atom is -0.487 e. The van der Waals surface area contributed by atoms with E-state index in [4.69, 9.17) is 16.3 Å². The van der Waals surface area contributed by atoms with Crippen LogP contribution in [0.2, 0.25) is 5.02 Å². The van der Waals surface area contributed by atoms with Crippen LogP contribution in [0.15, 0.2) is 48.8 Å². The first-order valence-electron chi connectivity index (χ1n) is 9.36. The smallest absolute Gasteiger partial charge is 0.272 e. The molecule has 0 spiro atoms. The molecule has 4 rings (SSSR count). The molecule has 8 heteroatoms. The van der Waals surface area contributed by atoms with Crippen LogP contribution in [0.4, 0.5) is 4.39 Å². The number of carbonyl (C=O) groups excluding carboxylic acids is 1. The van der Waals surface area contributed by atoms with Crippen LogP contribution in [0.5, 0.6) is 5.75 Å². The monoisotopic (exact) mass is 414 g/mol. The second-order valence-electron chi connectivity index (χ2n) is 6.98. The van der Waals surface area contributed by atoms with Gasteiger partial charge in [0.15, 0.2) is 0 Å². The number of benzene rings is 1. The Bertz CT molecular complexity index is 1020. The summed E-state index contributed by atoms with van der Waals surface area (Å²) >= 11 is 6.13. The molecule has 3 heterocycles. The lowest BCUT2D eigenvalue weighted by Gasteiger charge is -2.33. The standard InChI is InChI=1S/C21H20ClFN4O2/c1-26-19(11-18(25-26)14-4-6-15(23)7-5-14)21(28)27-10-2-3-16(13-27)29-20-8-9-24-12-17(20)22/h4-9,11-12,16H,2-3,10,13H2,1H3. The van der Waals surface area contributed by atoms with Crippen molar-refractivity contribution in [3.05, 3.63) is 65.3 Å². The van der Waals surface area contributed by atoms with Crippen LogP contribution in [0, 0.1) is 5.82 Å². The van der Waals surface area contributed by atoms with Gasteiger partial charge in [0.2, 0.25) is 0 Å². The highest BCUT2D eigenvalue weighted by Gasteiger charge is 2.28. The van der Waals surface area contributed by atoms with E-state index in [2.05, 4.69) is 10.1 Å². The van der Waals surface area contributed by atoms with Gasteiger partial charge in [0, 0.05) is 37.6 Å². The molecule has 0 aliphatic carbocycles. The van der Waals surface area contributed by atoms with E-state index in [-0.39, 0.29) is 17.8 Å². The Kier molecular flexibility index (Phi) is 5.49. The zero-order valence-corrected chi connectivity index (χ0v) is 16.6. The Morgan fingerprint density at radius 2 is 2.07 bits per heavy atom. The summed E-state index contributed by atoms with van der Waals surface area (Å²) in [5.41, 5.74) is 1.87. The molecule has 1 aliphatic heterocycles. The van der Waals surface area contributed by atoms with E-state index in [1.165, 1.54) is 18.3 Å². The lowest BCUT2D eigenvalue weighted by atomic mass is 10.1. The van der Waals surface area contributed by atoms with Crippen LogP contribution in [-0.2, 0) is 7.05 Å². The van der Waals surface area contributed by atoms with Gasteiger partial charge in [-0.15, -0.1) is 0 Å². The Morgan fingerprint density at radius 3 is 2.83 bits per heavy atom. The number of carbonyl (C=O) groups is 1. The first-order chi connectivity index (χ1) is 14.0. The van der Waals surface area contributed by atoms with Crippen LogP contribution in [0.1, 0.15) is 23.3 Å². The largest absolute Gasteiger partial charge is 0.487 e. The van der Waals surface area contributed by atoms with Crippen molar-refractivity contribution in [1.82, 2.24) is 19.7 Å². The minimum absolute atomic E-state index is 0.109. The molecule has 3 aromatic rings. The molecule has 1 atom stereocenters. The SMILES string of the molecule is Cn1nc(-c2ccc(F)cc2)cc1C(=O)N1CCCC(Oc2ccncc2Cl)C1. The van der Waals surface area contributed by atoms with Crippen LogP contribution in [0.25, 0.3) is 11.3 Å². The second-order valence-corrected chi connectivity index (χ2v) is 7.39. The van der Waals surface area contributed by atoms with Crippen molar-refractivity contribution in [2.24, 2.45) is 7.05 Å². The van der Waals surface area contributed by atoms with Gasteiger partial charge in [0.1, 0.15) is 28.4 Å². The minimum atomic E-state index is -0.311. The third-order valence-electron chi connectivity index (χ3n) is 4.93. The zero-order chi connectivity index (χ0) is 20.4. The van der Waals surface area contributed by atoms with Crippen LogP contribution >= 0.6 is 11.6 Å². The third-order valence-corrected chi connectivity index (χ3v) is 5.22.